The van der Waals surface area contributed by atoms with E-state index in [0.717, 1.165) is 6.42 Å². The monoisotopic (exact) mass is 439 g/mol. The molecule has 0 unspecified atom stereocenters. The van der Waals surface area contributed by atoms with Crippen LogP contribution in [0, 0.1) is 5.92 Å². The first-order valence-electron chi connectivity index (χ1n) is 10.8. The Balaban J connectivity index is 1.78. The van der Waals surface area contributed by atoms with Gasteiger partial charge in [-0.05, 0) is 59.7 Å². The molecule has 0 radical (unpaired) electrons. The van der Waals surface area contributed by atoms with Crippen LogP contribution in [0.25, 0.3) is 0 Å². The normalized spacial score (nSPS) is 11.1. The third kappa shape index (κ3) is 7.72. The summed E-state index contributed by atoms with van der Waals surface area (Å²) in [6.07, 6.45) is 1.45. The van der Waals surface area contributed by atoms with Gasteiger partial charge in [0.05, 0.1) is 0 Å². The molecule has 0 aromatic heterocycles. The molecule has 0 saturated heterocycles. The summed E-state index contributed by atoms with van der Waals surface area (Å²) in [5.74, 6) is -0.177. The maximum absolute atomic E-state index is 12.2. The van der Waals surface area contributed by atoms with Crippen LogP contribution >= 0.6 is 0 Å². The summed E-state index contributed by atoms with van der Waals surface area (Å²) < 4.78 is 5.48. The van der Waals surface area contributed by atoms with Gasteiger partial charge in [0.15, 0.2) is 6.61 Å². The molecule has 0 aliphatic carbocycles. The van der Waals surface area contributed by atoms with E-state index in [9.17, 15) is 14.4 Å². The number of hydrazine groups is 1. The van der Waals surface area contributed by atoms with Crippen LogP contribution in [-0.2, 0) is 15.0 Å². The first-order valence-corrected chi connectivity index (χ1v) is 10.8. The van der Waals surface area contributed by atoms with Gasteiger partial charge in [-0.25, -0.2) is 0 Å². The van der Waals surface area contributed by atoms with Crippen molar-refractivity contribution < 1.29 is 19.1 Å². The fourth-order valence-electron chi connectivity index (χ4n) is 2.88. The van der Waals surface area contributed by atoms with Crippen molar-refractivity contribution in [2.45, 2.75) is 52.9 Å². The van der Waals surface area contributed by atoms with Crippen molar-refractivity contribution in [3.63, 3.8) is 0 Å². The first-order chi connectivity index (χ1) is 15.1. The highest BCUT2D eigenvalue weighted by atomic mass is 16.5. The van der Waals surface area contributed by atoms with Gasteiger partial charge < -0.3 is 10.1 Å². The predicted octanol–water partition coefficient (Wildman–Crippen LogP) is 4.20. The van der Waals surface area contributed by atoms with Crippen LogP contribution in [0.1, 0.15) is 63.4 Å². The quantitative estimate of drug-likeness (QED) is 0.510. The average molecular weight is 440 g/mol. The number of anilines is 1. The third-order valence-corrected chi connectivity index (χ3v) is 5.23. The van der Waals surface area contributed by atoms with Gasteiger partial charge in [0.1, 0.15) is 5.75 Å². The lowest BCUT2D eigenvalue weighted by Crippen LogP contribution is -2.43. The van der Waals surface area contributed by atoms with Gasteiger partial charge in [-0.2, -0.15) is 0 Å². The Hall–Kier alpha value is -3.35. The molecular weight excluding hydrogens is 406 g/mol. The number of ether oxygens (including phenoxy) is 1. The molecule has 0 atom stereocenters. The maximum Gasteiger partial charge on any atom is 0.276 e. The lowest BCUT2D eigenvalue weighted by molar-refractivity contribution is -0.123. The van der Waals surface area contributed by atoms with Gasteiger partial charge in [-0.3, -0.25) is 25.2 Å². The number of carbonyl (C=O) groups is 3. The summed E-state index contributed by atoms with van der Waals surface area (Å²) in [6.45, 7) is 10.2. The van der Waals surface area contributed by atoms with E-state index in [1.165, 1.54) is 5.56 Å². The molecule has 0 fully saturated rings. The number of rotatable bonds is 9. The molecule has 0 heterocycles. The molecule has 2 rings (SSSR count). The molecule has 0 bridgehead atoms. The molecular formula is C25H33N3O4. The van der Waals surface area contributed by atoms with Crippen LogP contribution in [0.2, 0.25) is 0 Å². The molecule has 0 spiro atoms. The highest BCUT2D eigenvalue weighted by Crippen LogP contribution is 2.28. The Bertz CT molecular complexity index is 919. The predicted molar refractivity (Wildman–Crippen MR) is 125 cm³/mol. The number of carbonyl (C=O) groups excluding carboxylic acids is 3. The van der Waals surface area contributed by atoms with E-state index in [0.29, 0.717) is 23.4 Å². The highest BCUT2D eigenvalue weighted by Gasteiger charge is 2.17. The van der Waals surface area contributed by atoms with Crippen LogP contribution in [0.15, 0.2) is 48.5 Å². The zero-order valence-electron chi connectivity index (χ0n) is 19.5. The third-order valence-electron chi connectivity index (χ3n) is 5.23. The van der Waals surface area contributed by atoms with E-state index in [1.54, 1.807) is 24.3 Å². The number of amides is 3. The van der Waals surface area contributed by atoms with E-state index >= 15 is 0 Å². The fraction of sp³-hybridized carbons (Fsp3) is 0.400. The molecule has 2 aromatic rings. The molecule has 7 heteroatoms. The van der Waals surface area contributed by atoms with E-state index in [2.05, 4.69) is 36.9 Å². The number of hydrogen-bond donors (Lipinski definition) is 3. The summed E-state index contributed by atoms with van der Waals surface area (Å²) in [4.78, 5) is 36.0. The lowest BCUT2D eigenvalue weighted by atomic mass is 9.82. The Labute approximate surface area is 189 Å². The van der Waals surface area contributed by atoms with Crippen LogP contribution in [0.3, 0.4) is 0 Å². The standard InChI is InChI=1S/C25H33N3O4/c1-6-25(4,5)19-9-13-21(14-10-19)32-16-23(30)27-28-24(31)18-7-11-20(12-8-18)26-22(29)15-17(2)3/h7-14,17H,6,15-16H2,1-5H3,(H,26,29)(H,27,30)(H,28,31). The van der Waals surface area contributed by atoms with E-state index in [1.807, 2.05) is 38.1 Å². The summed E-state index contributed by atoms with van der Waals surface area (Å²) in [5, 5.41) is 2.78. The summed E-state index contributed by atoms with van der Waals surface area (Å²) >= 11 is 0. The van der Waals surface area contributed by atoms with Gasteiger partial charge in [0.2, 0.25) is 5.91 Å². The minimum atomic E-state index is -0.478. The van der Waals surface area contributed by atoms with Crippen molar-refractivity contribution in [3.8, 4) is 5.75 Å². The second-order valence-electron chi connectivity index (χ2n) is 8.78. The summed E-state index contributed by atoms with van der Waals surface area (Å²) in [7, 11) is 0. The lowest BCUT2D eigenvalue weighted by Gasteiger charge is -2.23. The second-order valence-corrected chi connectivity index (χ2v) is 8.78. The van der Waals surface area contributed by atoms with Crippen LogP contribution < -0.4 is 20.9 Å². The number of nitrogens with one attached hydrogen (secondary N) is 3. The highest BCUT2D eigenvalue weighted by molar-refractivity contribution is 5.96. The number of hydrogen-bond acceptors (Lipinski definition) is 4. The summed E-state index contributed by atoms with van der Waals surface area (Å²) in [6, 6.07) is 14.1. The Morgan fingerprint density at radius 1 is 0.906 bits per heavy atom. The van der Waals surface area contributed by atoms with Gasteiger partial charge in [-0.15, -0.1) is 0 Å². The molecule has 3 amide bonds. The topological polar surface area (TPSA) is 96.5 Å². The van der Waals surface area contributed by atoms with Crippen molar-refractivity contribution in [1.82, 2.24) is 10.9 Å². The fourth-order valence-corrected chi connectivity index (χ4v) is 2.88. The van der Waals surface area contributed by atoms with Gasteiger partial charge in [0, 0.05) is 17.7 Å². The largest absolute Gasteiger partial charge is 0.484 e. The molecule has 0 aliphatic heterocycles. The van der Waals surface area contributed by atoms with Crippen molar-refractivity contribution in [2.75, 3.05) is 11.9 Å². The van der Waals surface area contributed by atoms with Crippen LogP contribution in [0.4, 0.5) is 5.69 Å². The van der Waals surface area contributed by atoms with Crippen molar-refractivity contribution >= 4 is 23.4 Å². The zero-order chi connectivity index (χ0) is 23.7. The van der Waals surface area contributed by atoms with Crippen molar-refractivity contribution in [1.29, 1.82) is 0 Å². The molecule has 0 saturated carbocycles. The molecule has 2 aromatic carbocycles. The van der Waals surface area contributed by atoms with E-state index < -0.39 is 11.8 Å². The van der Waals surface area contributed by atoms with Gasteiger partial charge in [0.25, 0.3) is 11.8 Å². The van der Waals surface area contributed by atoms with Crippen molar-refractivity contribution in [3.05, 3.63) is 59.7 Å². The van der Waals surface area contributed by atoms with Gasteiger partial charge in [-0.1, -0.05) is 46.8 Å². The van der Waals surface area contributed by atoms with E-state index in [-0.39, 0.29) is 23.8 Å². The number of benzene rings is 2. The molecule has 32 heavy (non-hydrogen) atoms. The second kappa shape index (κ2) is 11.3. The minimum absolute atomic E-state index is 0.0758. The minimum Gasteiger partial charge on any atom is -0.484 e. The van der Waals surface area contributed by atoms with Gasteiger partial charge >= 0.3 is 0 Å². The molecule has 0 aliphatic rings. The Kier molecular flexibility index (Phi) is 8.81. The maximum atomic E-state index is 12.2. The Morgan fingerprint density at radius 3 is 2.09 bits per heavy atom. The zero-order valence-corrected chi connectivity index (χ0v) is 19.5. The van der Waals surface area contributed by atoms with E-state index in [4.69, 9.17) is 4.74 Å². The molecule has 172 valence electrons. The first kappa shape index (κ1) is 24.9. The SMILES string of the molecule is CCC(C)(C)c1ccc(OCC(=O)NNC(=O)c2ccc(NC(=O)CC(C)C)cc2)cc1. The van der Waals surface area contributed by atoms with Crippen molar-refractivity contribution in [2.24, 2.45) is 5.92 Å². The Morgan fingerprint density at radius 2 is 1.53 bits per heavy atom. The summed E-state index contributed by atoms with van der Waals surface area (Å²) in [5.41, 5.74) is 6.93. The average Bonchev–Trinajstić information content (AvgIpc) is 2.76. The molecule has 3 N–H and O–H groups in total. The molecule has 7 nitrogen and oxygen atoms in total. The van der Waals surface area contributed by atoms with Crippen LogP contribution in [-0.4, -0.2) is 24.3 Å². The van der Waals surface area contributed by atoms with Crippen LogP contribution in [0.5, 0.6) is 5.75 Å². The smallest absolute Gasteiger partial charge is 0.276 e.